The highest BCUT2D eigenvalue weighted by Crippen LogP contribution is 2.30. The van der Waals surface area contributed by atoms with Crippen LogP contribution in [0.25, 0.3) is 22.2 Å². The summed E-state index contributed by atoms with van der Waals surface area (Å²) in [6.07, 6.45) is 5.28. The Labute approximate surface area is 203 Å². The Balaban J connectivity index is 1.35. The summed E-state index contributed by atoms with van der Waals surface area (Å²) >= 11 is 1.60. The van der Waals surface area contributed by atoms with Gasteiger partial charge in [0, 0.05) is 29.1 Å². The van der Waals surface area contributed by atoms with Gasteiger partial charge in [0.1, 0.15) is 23.1 Å². The Kier molecular flexibility index (Phi) is 5.18. The van der Waals surface area contributed by atoms with Gasteiger partial charge in [-0.15, -0.1) is 11.3 Å². The third-order valence-electron chi connectivity index (χ3n) is 5.76. The van der Waals surface area contributed by atoms with Crippen molar-refractivity contribution in [1.82, 2.24) is 25.2 Å². The van der Waals surface area contributed by atoms with Crippen LogP contribution in [0, 0.1) is 5.82 Å². The maximum atomic E-state index is 14.1. The fourth-order valence-corrected chi connectivity index (χ4v) is 4.70. The Hall–Kier alpha value is -4.25. The van der Waals surface area contributed by atoms with Crippen molar-refractivity contribution < 1.29 is 14.0 Å². The zero-order valence-corrected chi connectivity index (χ0v) is 19.2. The van der Waals surface area contributed by atoms with Crippen LogP contribution in [0.3, 0.4) is 0 Å². The largest absolute Gasteiger partial charge is 0.367 e. The van der Waals surface area contributed by atoms with Crippen molar-refractivity contribution in [3.63, 3.8) is 0 Å². The monoisotopic (exact) mass is 489 g/mol. The molecule has 1 saturated heterocycles. The summed E-state index contributed by atoms with van der Waals surface area (Å²) in [6.45, 7) is 0.361. The standard InChI is InChI=1S/C24H20FN7O2S/c25-15-3-6-17(19-2-1-7-35-19)13(8-15)11-26-20-10-21(28-16-4-5-16)32-22(30-20)14(12-27-32)9-18-23(33)31-24(34)29-18/h1-3,6-10,12,16,28H,4-5,11H2,(H,26,30)(H2,29,31,33,34)/b18-9-. The maximum Gasteiger partial charge on any atom is 0.326 e. The molecule has 4 N–H and O–H groups in total. The average molecular weight is 490 g/mol. The molecule has 3 amide bonds. The summed E-state index contributed by atoms with van der Waals surface area (Å²) in [4.78, 5) is 29.2. The molecular weight excluding hydrogens is 469 g/mol. The van der Waals surface area contributed by atoms with Crippen molar-refractivity contribution in [2.75, 3.05) is 10.6 Å². The van der Waals surface area contributed by atoms with Crippen LogP contribution >= 0.6 is 11.3 Å². The first-order valence-corrected chi connectivity index (χ1v) is 12.0. The number of thiophene rings is 1. The molecule has 1 aromatic carbocycles. The highest BCUT2D eigenvalue weighted by atomic mass is 32.1. The van der Waals surface area contributed by atoms with Gasteiger partial charge >= 0.3 is 6.03 Å². The molecule has 176 valence electrons. The van der Waals surface area contributed by atoms with E-state index in [9.17, 15) is 14.0 Å². The number of halogens is 1. The molecule has 2 fully saturated rings. The molecule has 1 aliphatic carbocycles. The average Bonchev–Trinajstić information content (AvgIpc) is 3.19. The molecule has 0 unspecified atom stereocenters. The number of hydrogen-bond donors (Lipinski definition) is 4. The number of benzene rings is 1. The highest BCUT2D eigenvalue weighted by molar-refractivity contribution is 7.13. The molecule has 0 spiro atoms. The van der Waals surface area contributed by atoms with Crippen molar-refractivity contribution in [2.45, 2.75) is 25.4 Å². The van der Waals surface area contributed by atoms with E-state index in [1.807, 2.05) is 23.6 Å². The van der Waals surface area contributed by atoms with E-state index in [1.165, 1.54) is 12.1 Å². The number of rotatable bonds is 7. The number of carbonyl (C=O) groups is 2. The smallest absolute Gasteiger partial charge is 0.326 e. The molecule has 0 bridgehead atoms. The van der Waals surface area contributed by atoms with E-state index in [4.69, 9.17) is 4.98 Å². The summed E-state index contributed by atoms with van der Waals surface area (Å²) in [5.74, 6) is 0.514. The summed E-state index contributed by atoms with van der Waals surface area (Å²) in [5, 5.41) is 17.9. The summed E-state index contributed by atoms with van der Waals surface area (Å²) < 4.78 is 15.7. The van der Waals surface area contributed by atoms with Gasteiger partial charge in [-0.3, -0.25) is 10.1 Å². The zero-order valence-electron chi connectivity index (χ0n) is 18.3. The fourth-order valence-electron chi connectivity index (χ4n) is 3.92. The van der Waals surface area contributed by atoms with Gasteiger partial charge in [0.25, 0.3) is 5.91 Å². The van der Waals surface area contributed by atoms with E-state index in [1.54, 1.807) is 34.2 Å². The zero-order chi connectivity index (χ0) is 23.9. The second-order valence-electron chi connectivity index (χ2n) is 8.38. The number of carbonyl (C=O) groups excluding carboxylic acids is 2. The van der Waals surface area contributed by atoms with E-state index < -0.39 is 11.9 Å². The van der Waals surface area contributed by atoms with Crippen LogP contribution in [0.1, 0.15) is 24.0 Å². The van der Waals surface area contributed by atoms with Crippen LogP contribution < -0.4 is 21.3 Å². The molecule has 4 aromatic rings. The minimum atomic E-state index is -0.569. The molecule has 6 rings (SSSR count). The van der Waals surface area contributed by atoms with E-state index in [0.717, 1.165) is 34.7 Å². The number of aromatic nitrogens is 3. The number of amides is 3. The highest BCUT2D eigenvalue weighted by Gasteiger charge is 2.25. The molecular formula is C24H20FN7O2S. The van der Waals surface area contributed by atoms with Gasteiger partial charge in [-0.25, -0.2) is 14.2 Å². The number of hydrogen-bond acceptors (Lipinski definition) is 7. The Morgan fingerprint density at radius 1 is 1.20 bits per heavy atom. The lowest BCUT2D eigenvalue weighted by Gasteiger charge is -2.13. The quantitative estimate of drug-likeness (QED) is 0.231. The van der Waals surface area contributed by atoms with E-state index in [0.29, 0.717) is 29.6 Å². The molecule has 0 atom stereocenters. The Bertz CT molecular complexity index is 1490. The van der Waals surface area contributed by atoms with Gasteiger partial charge < -0.3 is 16.0 Å². The third kappa shape index (κ3) is 4.33. The van der Waals surface area contributed by atoms with Crippen LogP contribution in [0.5, 0.6) is 0 Å². The predicted octanol–water partition coefficient (Wildman–Crippen LogP) is 3.96. The summed E-state index contributed by atoms with van der Waals surface area (Å²) in [5.41, 5.74) is 2.99. The first kappa shape index (κ1) is 21.3. The fraction of sp³-hybridized carbons (Fsp3) is 0.167. The van der Waals surface area contributed by atoms with Gasteiger partial charge in [-0.2, -0.15) is 9.61 Å². The molecule has 3 aromatic heterocycles. The summed E-state index contributed by atoms with van der Waals surface area (Å²) in [7, 11) is 0. The van der Waals surface area contributed by atoms with Crippen molar-refractivity contribution in [1.29, 1.82) is 0 Å². The van der Waals surface area contributed by atoms with Crippen LogP contribution in [0.15, 0.2) is 53.7 Å². The number of anilines is 2. The minimum absolute atomic E-state index is 0.127. The number of imide groups is 1. The summed E-state index contributed by atoms with van der Waals surface area (Å²) in [6, 6.07) is 10.4. The molecule has 1 saturated carbocycles. The van der Waals surface area contributed by atoms with Crippen molar-refractivity contribution in [3.05, 3.63) is 70.6 Å². The number of fused-ring (bicyclic) bond motifs is 1. The normalized spacial score (nSPS) is 16.5. The molecule has 0 radical (unpaired) electrons. The second-order valence-corrected chi connectivity index (χ2v) is 9.33. The molecule has 11 heteroatoms. The topological polar surface area (TPSA) is 112 Å². The van der Waals surface area contributed by atoms with Crippen LogP contribution in [0.2, 0.25) is 0 Å². The third-order valence-corrected chi connectivity index (χ3v) is 6.67. The minimum Gasteiger partial charge on any atom is -0.367 e. The Morgan fingerprint density at radius 2 is 2.09 bits per heavy atom. The molecule has 35 heavy (non-hydrogen) atoms. The molecule has 1 aliphatic heterocycles. The van der Waals surface area contributed by atoms with Crippen LogP contribution in [-0.2, 0) is 11.3 Å². The van der Waals surface area contributed by atoms with Crippen molar-refractivity contribution >= 4 is 46.6 Å². The number of nitrogens with one attached hydrogen (secondary N) is 4. The predicted molar refractivity (Wildman–Crippen MR) is 131 cm³/mol. The molecule has 2 aliphatic rings. The maximum absolute atomic E-state index is 14.1. The lowest BCUT2D eigenvalue weighted by Crippen LogP contribution is -2.22. The first-order valence-electron chi connectivity index (χ1n) is 11.1. The van der Waals surface area contributed by atoms with E-state index in [-0.39, 0.29) is 11.5 Å². The van der Waals surface area contributed by atoms with Gasteiger partial charge in [-0.05, 0) is 53.6 Å². The van der Waals surface area contributed by atoms with Crippen molar-refractivity contribution in [3.8, 4) is 10.4 Å². The van der Waals surface area contributed by atoms with Crippen molar-refractivity contribution in [2.24, 2.45) is 0 Å². The number of nitrogens with zero attached hydrogens (tertiary/aromatic N) is 3. The second kappa shape index (κ2) is 8.51. The van der Waals surface area contributed by atoms with Gasteiger partial charge in [0.2, 0.25) is 0 Å². The van der Waals surface area contributed by atoms with Crippen LogP contribution in [-0.4, -0.2) is 32.6 Å². The lowest BCUT2D eigenvalue weighted by atomic mass is 10.1. The van der Waals surface area contributed by atoms with E-state index in [2.05, 4.69) is 26.4 Å². The SMILES string of the molecule is O=C1NC(=O)/C(=C/c2cnn3c(NC4CC4)cc(NCc4cc(F)ccc4-c4cccs4)nc23)N1. The van der Waals surface area contributed by atoms with E-state index >= 15 is 0 Å². The van der Waals surface area contributed by atoms with Gasteiger partial charge in [0.05, 0.1) is 6.20 Å². The Morgan fingerprint density at radius 3 is 2.83 bits per heavy atom. The number of urea groups is 1. The lowest BCUT2D eigenvalue weighted by molar-refractivity contribution is -0.115. The molecule has 9 nitrogen and oxygen atoms in total. The first-order chi connectivity index (χ1) is 17.0. The molecule has 4 heterocycles. The van der Waals surface area contributed by atoms with Gasteiger partial charge in [0.15, 0.2) is 5.65 Å². The van der Waals surface area contributed by atoms with Crippen LogP contribution in [0.4, 0.5) is 20.8 Å². The van der Waals surface area contributed by atoms with Gasteiger partial charge in [-0.1, -0.05) is 12.1 Å².